The van der Waals surface area contributed by atoms with E-state index in [1.54, 1.807) is 6.33 Å². The first-order valence-electron chi connectivity index (χ1n) is 3.82. The molecule has 0 unspecified atom stereocenters. The monoisotopic (exact) mass is 154 g/mol. The van der Waals surface area contributed by atoms with Crippen molar-refractivity contribution in [2.24, 2.45) is 7.05 Å². The number of hydrogen-bond donors (Lipinski definition) is 1. The van der Waals surface area contributed by atoms with E-state index in [-0.39, 0.29) is 0 Å². The molecule has 1 rings (SSSR count). The molecular weight excluding hydrogens is 140 g/mol. The molecule has 0 bridgehead atoms. The minimum absolute atomic E-state index is 0.997. The summed E-state index contributed by atoms with van der Waals surface area (Å²) in [5.41, 5.74) is 0. The number of rotatable bonds is 4. The zero-order valence-corrected chi connectivity index (χ0v) is 7.04. The maximum atomic E-state index is 3.97. The zero-order valence-electron chi connectivity index (χ0n) is 7.04. The first kappa shape index (κ1) is 8.20. The quantitative estimate of drug-likeness (QED) is 0.619. The van der Waals surface area contributed by atoms with Crippen LogP contribution >= 0.6 is 0 Å². The molecule has 4 heteroatoms. The summed E-state index contributed by atoms with van der Waals surface area (Å²) in [6.45, 7) is 1.03. The van der Waals surface area contributed by atoms with Crippen molar-refractivity contribution < 1.29 is 0 Å². The lowest BCUT2D eigenvalue weighted by Crippen LogP contribution is -2.09. The maximum Gasteiger partial charge on any atom is 0.132 e. The molecule has 0 saturated carbocycles. The summed E-state index contributed by atoms with van der Waals surface area (Å²) >= 11 is 0. The summed E-state index contributed by atoms with van der Waals surface area (Å²) in [5.74, 6) is 1.06. The maximum absolute atomic E-state index is 3.97. The van der Waals surface area contributed by atoms with Crippen LogP contribution in [0.2, 0.25) is 0 Å². The van der Waals surface area contributed by atoms with Crippen LogP contribution in [-0.4, -0.2) is 28.4 Å². The number of nitrogens with one attached hydrogen (secondary N) is 1. The standard InChI is InChI=1S/C7H14N4/c1-8-5-3-4-7-10-9-6-11(7)2/h6,8H,3-5H2,1-2H3. The minimum atomic E-state index is 0.997. The summed E-state index contributed by atoms with van der Waals surface area (Å²) in [7, 11) is 3.92. The van der Waals surface area contributed by atoms with E-state index < -0.39 is 0 Å². The Labute approximate surface area is 66.6 Å². The van der Waals surface area contributed by atoms with Crippen molar-refractivity contribution >= 4 is 0 Å². The molecule has 0 radical (unpaired) electrons. The molecule has 1 N–H and O–H groups in total. The van der Waals surface area contributed by atoms with E-state index >= 15 is 0 Å². The molecule has 0 aliphatic rings. The van der Waals surface area contributed by atoms with Gasteiger partial charge >= 0.3 is 0 Å². The lowest BCUT2D eigenvalue weighted by atomic mass is 10.3. The van der Waals surface area contributed by atoms with E-state index in [9.17, 15) is 0 Å². The fourth-order valence-electron chi connectivity index (χ4n) is 0.957. The first-order valence-corrected chi connectivity index (χ1v) is 3.82. The Kier molecular flexibility index (Phi) is 3.04. The highest BCUT2D eigenvalue weighted by Crippen LogP contribution is 1.95. The summed E-state index contributed by atoms with van der Waals surface area (Å²) in [6, 6.07) is 0. The van der Waals surface area contributed by atoms with E-state index in [4.69, 9.17) is 0 Å². The van der Waals surface area contributed by atoms with Crippen LogP contribution in [0.3, 0.4) is 0 Å². The van der Waals surface area contributed by atoms with Crippen LogP contribution in [0, 0.1) is 0 Å². The van der Waals surface area contributed by atoms with Gasteiger partial charge < -0.3 is 9.88 Å². The first-order chi connectivity index (χ1) is 5.34. The predicted molar refractivity (Wildman–Crippen MR) is 43.3 cm³/mol. The lowest BCUT2D eigenvalue weighted by molar-refractivity contribution is 0.678. The molecule has 0 fully saturated rings. The van der Waals surface area contributed by atoms with E-state index in [2.05, 4.69) is 15.5 Å². The van der Waals surface area contributed by atoms with E-state index in [1.165, 1.54) is 0 Å². The smallest absolute Gasteiger partial charge is 0.132 e. The van der Waals surface area contributed by atoms with Gasteiger partial charge in [0.2, 0.25) is 0 Å². The van der Waals surface area contributed by atoms with Crippen LogP contribution in [-0.2, 0) is 13.5 Å². The minimum Gasteiger partial charge on any atom is -0.321 e. The lowest BCUT2D eigenvalue weighted by Gasteiger charge is -1.98. The van der Waals surface area contributed by atoms with Crippen molar-refractivity contribution in [3.63, 3.8) is 0 Å². The molecule has 4 nitrogen and oxygen atoms in total. The number of hydrogen-bond acceptors (Lipinski definition) is 3. The third-order valence-corrected chi connectivity index (χ3v) is 1.63. The molecule has 1 aromatic heterocycles. The van der Waals surface area contributed by atoms with Gasteiger partial charge in [0.05, 0.1) is 0 Å². The van der Waals surface area contributed by atoms with Crippen LogP contribution in [0.5, 0.6) is 0 Å². The molecule has 0 amide bonds. The van der Waals surface area contributed by atoms with Gasteiger partial charge in [0.1, 0.15) is 12.2 Å². The fraction of sp³-hybridized carbons (Fsp3) is 0.714. The van der Waals surface area contributed by atoms with Gasteiger partial charge in [0, 0.05) is 13.5 Å². The van der Waals surface area contributed by atoms with Gasteiger partial charge in [0.15, 0.2) is 0 Å². The molecule has 1 heterocycles. The third kappa shape index (κ3) is 2.31. The van der Waals surface area contributed by atoms with Crippen LogP contribution in [0.1, 0.15) is 12.2 Å². The molecule has 0 aliphatic heterocycles. The Bertz CT molecular complexity index is 206. The second-order valence-electron chi connectivity index (χ2n) is 2.57. The van der Waals surface area contributed by atoms with Crippen molar-refractivity contribution in [1.82, 2.24) is 20.1 Å². The molecule has 11 heavy (non-hydrogen) atoms. The van der Waals surface area contributed by atoms with Gasteiger partial charge in [-0.1, -0.05) is 0 Å². The van der Waals surface area contributed by atoms with Crippen LogP contribution in [0.4, 0.5) is 0 Å². The average Bonchev–Trinajstić information content (AvgIpc) is 2.37. The summed E-state index contributed by atoms with van der Waals surface area (Å²) in [6.07, 6.45) is 3.84. The van der Waals surface area contributed by atoms with Crippen molar-refractivity contribution in [1.29, 1.82) is 0 Å². The molecule has 0 aromatic carbocycles. The molecule has 0 aliphatic carbocycles. The molecule has 62 valence electrons. The highest BCUT2D eigenvalue weighted by Gasteiger charge is 1.97. The Morgan fingerprint density at radius 3 is 3.00 bits per heavy atom. The molecule has 1 aromatic rings. The van der Waals surface area contributed by atoms with Crippen molar-refractivity contribution in [2.45, 2.75) is 12.8 Å². The SMILES string of the molecule is CNCCCc1nncn1C. The van der Waals surface area contributed by atoms with E-state index in [1.807, 2.05) is 18.7 Å². The Balaban J connectivity index is 2.32. The topological polar surface area (TPSA) is 42.7 Å². The second kappa shape index (κ2) is 4.08. The van der Waals surface area contributed by atoms with Crippen molar-refractivity contribution in [3.8, 4) is 0 Å². The number of nitrogens with zero attached hydrogens (tertiary/aromatic N) is 3. The van der Waals surface area contributed by atoms with Gasteiger partial charge in [-0.2, -0.15) is 0 Å². The van der Waals surface area contributed by atoms with E-state index in [0.717, 1.165) is 25.2 Å². The Morgan fingerprint density at radius 2 is 2.45 bits per heavy atom. The summed E-state index contributed by atoms with van der Waals surface area (Å²) in [5, 5.41) is 10.9. The van der Waals surface area contributed by atoms with Crippen LogP contribution in [0.15, 0.2) is 6.33 Å². The van der Waals surface area contributed by atoms with Crippen molar-refractivity contribution in [2.75, 3.05) is 13.6 Å². The second-order valence-corrected chi connectivity index (χ2v) is 2.57. The summed E-state index contributed by atoms with van der Waals surface area (Å²) < 4.78 is 1.95. The molecule has 0 spiro atoms. The van der Waals surface area contributed by atoms with E-state index in [0.29, 0.717) is 0 Å². The highest BCUT2D eigenvalue weighted by atomic mass is 15.2. The van der Waals surface area contributed by atoms with Gasteiger partial charge in [-0.15, -0.1) is 10.2 Å². The fourth-order valence-corrected chi connectivity index (χ4v) is 0.957. The highest BCUT2D eigenvalue weighted by molar-refractivity contribution is 4.83. The molecular formula is C7H14N4. The third-order valence-electron chi connectivity index (χ3n) is 1.63. The Hall–Kier alpha value is -0.900. The van der Waals surface area contributed by atoms with Gasteiger partial charge in [-0.3, -0.25) is 0 Å². The van der Waals surface area contributed by atoms with Gasteiger partial charge in [0.25, 0.3) is 0 Å². The normalized spacial score (nSPS) is 10.4. The van der Waals surface area contributed by atoms with Gasteiger partial charge in [-0.25, -0.2) is 0 Å². The number of aryl methyl sites for hydroxylation is 2. The average molecular weight is 154 g/mol. The molecule has 0 saturated heterocycles. The van der Waals surface area contributed by atoms with Gasteiger partial charge in [-0.05, 0) is 20.0 Å². The summed E-state index contributed by atoms with van der Waals surface area (Å²) in [4.78, 5) is 0. The largest absolute Gasteiger partial charge is 0.321 e. The molecule has 0 atom stereocenters. The zero-order chi connectivity index (χ0) is 8.10. The Morgan fingerprint density at radius 1 is 1.64 bits per heavy atom. The van der Waals surface area contributed by atoms with Crippen molar-refractivity contribution in [3.05, 3.63) is 12.2 Å². The predicted octanol–water partition coefficient (Wildman–Crippen LogP) is -0.0329. The van der Waals surface area contributed by atoms with Crippen LogP contribution < -0.4 is 5.32 Å². The number of aromatic nitrogens is 3. The van der Waals surface area contributed by atoms with Crippen LogP contribution in [0.25, 0.3) is 0 Å².